The monoisotopic (exact) mass is 285 g/mol. The normalized spacial score (nSPS) is 13.9. The first-order chi connectivity index (χ1) is 8.59. The summed E-state index contributed by atoms with van der Waals surface area (Å²) in [6.45, 7) is 4.11. The van der Waals surface area contributed by atoms with Crippen LogP contribution in [0.3, 0.4) is 0 Å². The second kappa shape index (κ2) is 7.70. The van der Waals surface area contributed by atoms with Gasteiger partial charge in [0.1, 0.15) is 0 Å². The minimum atomic E-state index is -0.184. The van der Waals surface area contributed by atoms with E-state index >= 15 is 0 Å². The molecular formula is C14H20ClNOS. The summed E-state index contributed by atoms with van der Waals surface area (Å²) in [5.41, 5.74) is -0.184. The maximum Gasteiger partial charge on any atom is 0.230 e. The molecule has 1 rings (SSSR count). The van der Waals surface area contributed by atoms with Gasteiger partial charge in [-0.2, -0.15) is 0 Å². The van der Waals surface area contributed by atoms with Crippen LogP contribution in [-0.2, 0) is 4.79 Å². The van der Waals surface area contributed by atoms with E-state index in [1.807, 2.05) is 37.3 Å². The van der Waals surface area contributed by atoms with Gasteiger partial charge in [-0.05, 0) is 31.9 Å². The number of thioether (sulfide) groups is 1. The predicted molar refractivity (Wildman–Crippen MR) is 79.3 cm³/mol. The Kier molecular flexibility index (Phi) is 6.58. The first kappa shape index (κ1) is 15.4. The van der Waals surface area contributed by atoms with Crippen molar-refractivity contribution in [2.24, 2.45) is 0 Å². The molecule has 0 aromatic heterocycles. The van der Waals surface area contributed by atoms with E-state index in [0.717, 1.165) is 17.7 Å². The third-order valence-corrected chi connectivity index (χ3v) is 4.18. The lowest BCUT2D eigenvalue weighted by Crippen LogP contribution is -2.46. The molecule has 1 N–H and O–H groups in total. The summed E-state index contributed by atoms with van der Waals surface area (Å²) in [5, 5.41) is 3.07. The quantitative estimate of drug-likeness (QED) is 0.611. The molecule has 1 aromatic carbocycles. The largest absolute Gasteiger partial charge is 0.350 e. The van der Waals surface area contributed by atoms with Gasteiger partial charge in [0.25, 0.3) is 0 Å². The SMILES string of the molecule is CCC(C)(CCCl)NC(=O)CSc1ccccc1. The van der Waals surface area contributed by atoms with E-state index in [4.69, 9.17) is 11.6 Å². The lowest BCUT2D eigenvalue weighted by atomic mass is 9.95. The number of halogens is 1. The summed E-state index contributed by atoms with van der Waals surface area (Å²) in [6.07, 6.45) is 1.69. The average molecular weight is 286 g/mol. The topological polar surface area (TPSA) is 29.1 Å². The zero-order valence-electron chi connectivity index (χ0n) is 10.9. The summed E-state index contributed by atoms with van der Waals surface area (Å²) in [5.74, 6) is 1.08. The Morgan fingerprint density at radius 3 is 2.61 bits per heavy atom. The molecular weight excluding hydrogens is 266 g/mol. The van der Waals surface area contributed by atoms with Crippen LogP contribution in [0.5, 0.6) is 0 Å². The minimum Gasteiger partial charge on any atom is -0.350 e. The van der Waals surface area contributed by atoms with Gasteiger partial charge in [0, 0.05) is 16.3 Å². The fourth-order valence-corrected chi connectivity index (χ4v) is 2.71. The van der Waals surface area contributed by atoms with E-state index in [9.17, 15) is 4.79 Å². The second-order valence-corrected chi connectivity index (χ2v) is 5.93. The Morgan fingerprint density at radius 1 is 1.39 bits per heavy atom. The maximum atomic E-state index is 11.9. The van der Waals surface area contributed by atoms with Crippen LogP contribution >= 0.6 is 23.4 Å². The summed E-state index contributed by atoms with van der Waals surface area (Å²) in [4.78, 5) is 13.0. The number of carbonyl (C=O) groups is 1. The Bertz CT molecular complexity index is 371. The van der Waals surface area contributed by atoms with E-state index < -0.39 is 0 Å². The molecule has 0 aliphatic carbocycles. The smallest absolute Gasteiger partial charge is 0.230 e. The highest BCUT2D eigenvalue weighted by molar-refractivity contribution is 8.00. The summed E-state index contributed by atoms with van der Waals surface area (Å²) >= 11 is 7.32. The van der Waals surface area contributed by atoms with Gasteiger partial charge in [0.05, 0.1) is 5.75 Å². The first-order valence-electron chi connectivity index (χ1n) is 6.14. The van der Waals surface area contributed by atoms with Crippen molar-refractivity contribution in [1.82, 2.24) is 5.32 Å². The van der Waals surface area contributed by atoms with Gasteiger partial charge in [-0.15, -0.1) is 23.4 Å². The molecule has 4 heteroatoms. The van der Waals surface area contributed by atoms with Crippen LogP contribution in [0.1, 0.15) is 26.7 Å². The van der Waals surface area contributed by atoms with Crippen molar-refractivity contribution in [2.45, 2.75) is 37.1 Å². The second-order valence-electron chi connectivity index (χ2n) is 4.50. The number of hydrogen-bond donors (Lipinski definition) is 1. The standard InChI is InChI=1S/C14H20ClNOS/c1-3-14(2,9-10-15)16-13(17)11-18-12-7-5-4-6-8-12/h4-8H,3,9-11H2,1-2H3,(H,16,17). The van der Waals surface area contributed by atoms with Crippen molar-refractivity contribution in [3.63, 3.8) is 0 Å². The highest BCUT2D eigenvalue weighted by atomic mass is 35.5. The van der Waals surface area contributed by atoms with Crippen LogP contribution < -0.4 is 5.32 Å². The molecule has 1 amide bonds. The average Bonchev–Trinajstić information content (AvgIpc) is 2.38. The molecule has 0 saturated carbocycles. The van der Waals surface area contributed by atoms with Gasteiger partial charge in [-0.25, -0.2) is 0 Å². The molecule has 0 aliphatic rings. The Morgan fingerprint density at radius 2 is 2.06 bits per heavy atom. The number of hydrogen-bond acceptors (Lipinski definition) is 2. The van der Waals surface area contributed by atoms with E-state index in [2.05, 4.69) is 12.2 Å². The highest BCUT2D eigenvalue weighted by Crippen LogP contribution is 2.19. The summed E-state index contributed by atoms with van der Waals surface area (Å²) in [7, 11) is 0. The lowest BCUT2D eigenvalue weighted by molar-refractivity contribution is -0.120. The van der Waals surface area contributed by atoms with Gasteiger partial charge in [0.2, 0.25) is 5.91 Å². The third kappa shape index (κ3) is 5.32. The van der Waals surface area contributed by atoms with Crippen LogP contribution in [-0.4, -0.2) is 23.1 Å². The number of rotatable bonds is 7. The van der Waals surface area contributed by atoms with Gasteiger partial charge in [0.15, 0.2) is 0 Å². The molecule has 0 heterocycles. The molecule has 0 aliphatic heterocycles. The van der Waals surface area contributed by atoms with Crippen molar-refractivity contribution in [1.29, 1.82) is 0 Å². The number of amides is 1. The summed E-state index contributed by atoms with van der Waals surface area (Å²) in [6, 6.07) is 9.94. The number of alkyl halides is 1. The molecule has 0 radical (unpaired) electrons. The molecule has 0 fully saturated rings. The van der Waals surface area contributed by atoms with Crippen molar-refractivity contribution in [2.75, 3.05) is 11.6 Å². The first-order valence-corrected chi connectivity index (χ1v) is 7.66. The van der Waals surface area contributed by atoms with Crippen LogP contribution in [0.25, 0.3) is 0 Å². The Balaban J connectivity index is 2.41. The molecule has 0 spiro atoms. The molecule has 0 saturated heterocycles. The van der Waals surface area contributed by atoms with Crippen LogP contribution in [0, 0.1) is 0 Å². The molecule has 1 aromatic rings. The van der Waals surface area contributed by atoms with Crippen molar-refractivity contribution in [3.8, 4) is 0 Å². The highest BCUT2D eigenvalue weighted by Gasteiger charge is 2.23. The zero-order valence-corrected chi connectivity index (χ0v) is 12.5. The Labute approximate surface area is 118 Å². The molecule has 1 atom stereocenters. The van der Waals surface area contributed by atoms with Gasteiger partial charge in [-0.3, -0.25) is 4.79 Å². The lowest BCUT2D eigenvalue weighted by Gasteiger charge is -2.28. The van der Waals surface area contributed by atoms with E-state index in [0.29, 0.717) is 11.6 Å². The molecule has 2 nitrogen and oxygen atoms in total. The fourth-order valence-electron chi connectivity index (χ4n) is 1.57. The van der Waals surface area contributed by atoms with E-state index in [1.165, 1.54) is 0 Å². The van der Waals surface area contributed by atoms with Crippen LogP contribution in [0.4, 0.5) is 0 Å². The van der Waals surface area contributed by atoms with Crippen LogP contribution in [0.15, 0.2) is 35.2 Å². The number of carbonyl (C=O) groups excluding carboxylic acids is 1. The van der Waals surface area contributed by atoms with Crippen LogP contribution in [0.2, 0.25) is 0 Å². The van der Waals surface area contributed by atoms with Gasteiger partial charge in [-0.1, -0.05) is 25.1 Å². The molecule has 18 heavy (non-hydrogen) atoms. The van der Waals surface area contributed by atoms with Gasteiger partial charge >= 0.3 is 0 Å². The molecule has 0 bridgehead atoms. The van der Waals surface area contributed by atoms with Crippen molar-refractivity contribution < 1.29 is 4.79 Å². The maximum absolute atomic E-state index is 11.9. The third-order valence-electron chi connectivity index (χ3n) is 2.98. The molecule has 100 valence electrons. The predicted octanol–water partition coefficient (Wildman–Crippen LogP) is 3.69. The van der Waals surface area contributed by atoms with Crippen molar-refractivity contribution in [3.05, 3.63) is 30.3 Å². The van der Waals surface area contributed by atoms with E-state index in [1.54, 1.807) is 11.8 Å². The minimum absolute atomic E-state index is 0.0679. The van der Waals surface area contributed by atoms with E-state index in [-0.39, 0.29) is 11.4 Å². The zero-order chi connectivity index (χ0) is 13.4. The number of nitrogens with one attached hydrogen (secondary N) is 1. The number of benzene rings is 1. The van der Waals surface area contributed by atoms with Gasteiger partial charge < -0.3 is 5.32 Å². The van der Waals surface area contributed by atoms with Crippen molar-refractivity contribution >= 4 is 29.3 Å². The fraction of sp³-hybridized carbons (Fsp3) is 0.500. The Hall–Kier alpha value is -0.670. The molecule has 1 unspecified atom stereocenters. The summed E-state index contributed by atoms with van der Waals surface area (Å²) < 4.78 is 0.